The van der Waals surface area contributed by atoms with Gasteiger partial charge in [-0.25, -0.2) is 4.68 Å². The van der Waals surface area contributed by atoms with Crippen LogP contribution in [-0.2, 0) is 6.61 Å². The predicted octanol–water partition coefficient (Wildman–Crippen LogP) is 1.79. The van der Waals surface area contributed by atoms with Crippen LogP contribution in [0.1, 0.15) is 31.0 Å². The van der Waals surface area contributed by atoms with Gasteiger partial charge in [0.1, 0.15) is 5.75 Å². The summed E-state index contributed by atoms with van der Waals surface area (Å²) < 4.78 is 6.58. The monoisotopic (exact) mass is 262 g/mol. The minimum absolute atomic E-state index is 0.140. The first-order valence-electron chi connectivity index (χ1n) is 6.17. The van der Waals surface area contributed by atoms with Crippen molar-refractivity contribution in [1.82, 2.24) is 9.78 Å². The molecule has 1 heterocycles. The Hall–Kier alpha value is -2.01. The number of hydrogen-bond acceptors (Lipinski definition) is 3. The summed E-state index contributed by atoms with van der Waals surface area (Å²) in [6.07, 6.45) is 0. The van der Waals surface area contributed by atoms with Crippen LogP contribution in [-0.4, -0.2) is 22.0 Å². The van der Waals surface area contributed by atoms with E-state index in [1.54, 1.807) is 13.2 Å². The molecule has 0 aliphatic rings. The van der Waals surface area contributed by atoms with E-state index >= 15 is 0 Å². The molecule has 19 heavy (non-hydrogen) atoms. The van der Waals surface area contributed by atoms with Crippen LogP contribution < -0.4 is 10.3 Å². The first-order chi connectivity index (χ1) is 9.08. The predicted molar refractivity (Wildman–Crippen MR) is 73.0 cm³/mol. The van der Waals surface area contributed by atoms with E-state index < -0.39 is 0 Å². The summed E-state index contributed by atoms with van der Waals surface area (Å²) in [5, 5.41) is 12.4. The SMILES string of the molecule is COc1cccc(-n2[nH]c(C(C)C)c(CO)c2=O)c1. The molecule has 1 aromatic heterocycles. The number of aliphatic hydroxyl groups excluding tert-OH is 1. The highest BCUT2D eigenvalue weighted by atomic mass is 16.5. The van der Waals surface area contributed by atoms with E-state index in [4.69, 9.17) is 4.74 Å². The second-order valence-electron chi connectivity index (χ2n) is 4.66. The lowest BCUT2D eigenvalue weighted by atomic mass is 10.1. The first kappa shape index (κ1) is 13.4. The van der Waals surface area contributed by atoms with Crippen molar-refractivity contribution in [3.05, 3.63) is 45.9 Å². The van der Waals surface area contributed by atoms with E-state index in [2.05, 4.69) is 5.10 Å². The van der Waals surface area contributed by atoms with Crippen LogP contribution in [0.15, 0.2) is 29.1 Å². The van der Waals surface area contributed by atoms with Gasteiger partial charge in [-0.1, -0.05) is 19.9 Å². The Morgan fingerprint density at radius 3 is 2.68 bits per heavy atom. The van der Waals surface area contributed by atoms with Crippen molar-refractivity contribution >= 4 is 0 Å². The van der Waals surface area contributed by atoms with Crippen molar-refractivity contribution in [3.8, 4) is 11.4 Å². The molecule has 2 aromatic rings. The molecule has 2 rings (SSSR count). The maximum Gasteiger partial charge on any atom is 0.277 e. The molecule has 0 bridgehead atoms. The molecule has 2 N–H and O–H groups in total. The molecular weight excluding hydrogens is 244 g/mol. The summed E-state index contributed by atoms with van der Waals surface area (Å²) in [5.41, 5.74) is 1.64. The third-order valence-electron chi connectivity index (χ3n) is 3.07. The molecule has 5 nitrogen and oxygen atoms in total. The molecule has 0 aliphatic heterocycles. The topological polar surface area (TPSA) is 67.2 Å². The Balaban J connectivity index is 2.59. The molecule has 0 saturated carbocycles. The van der Waals surface area contributed by atoms with Gasteiger partial charge in [-0.15, -0.1) is 0 Å². The average molecular weight is 262 g/mol. The van der Waals surface area contributed by atoms with Crippen molar-refractivity contribution in [2.24, 2.45) is 0 Å². The van der Waals surface area contributed by atoms with Gasteiger partial charge in [-0.05, 0) is 18.1 Å². The van der Waals surface area contributed by atoms with Gasteiger partial charge in [0.05, 0.1) is 25.0 Å². The van der Waals surface area contributed by atoms with Gasteiger partial charge < -0.3 is 9.84 Å². The second-order valence-corrected chi connectivity index (χ2v) is 4.66. The van der Waals surface area contributed by atoms with E-state index in [0.717, 1.165) is 5.69 Å². The number of ether oxygens (including phenoxy) is 1. The Kier molecular flexibility index (Phi) is 3.76. The fraction of sp³-hybridized carbons (Fsp3) is 0.357. The first-order valence-corrected chi connectivity index (χ1v) is 6.17. The van der Waals surface area contributed by atoms with Crippen LogP contribution in [0.25, 0.3) is 5.69 Å². The van der Waals surface area contributed by atoms with Crippen molar-refractivity contribution in [1.29, 1.82) is 0 Å². The number of aromatic nitrogens is 2. The normalized spacial score (nSPS) is 11.0. The molecule has 0 aliphatic carbocycles. The van der Waals surface area contributed by atoms with E-state index in [1.807, 2.05) is 32.0 Å². The summed E-state index contributed by atoms with van der Waals surface area (Å²) in [5.74, 6) is 0.817. The lowest BCUT2D eigenvalue weighted by Gasteiger charge is -2.05. The fourth-order valence-corrected chi connectivity index (χ4v) is 2.05. The van der Waals surface area contributed by atoms with Gasteiger partial charge in [0.15, 0.2) is 0 Å². The van der Waals surface area contributed by atoms with E-state index in [9.17, 15) is 9.90 Å². The number of H-pyrrole nitrogens is 1. The maximum atomic E-state index is 12.3. The molecule has 0 fully saturated rings. The Labute approximate surface area is 111 Å². The highest BCUT2D eigenvalue weighted by Gasteiger charge is 2.16. The Morgan fingerprint density at radius 1 is 1.42 bits per heavy atom. The molecule has 0 amide bonds. The summed E-state index contributed by atoms with van der Waals surface area (Å²) in [7, 11) is 1.58. The smallest absolute Gasteiger partial charge is 0.277 e. The van der Waals surface area contributed by atoms with Gasteiger partial charge >= 0.3 is 0 Å². The standard InChI is InChI=1S/C14H18N2O3/c1-9(2)13-12(8-17)14(18)16(15-13)10-5-4-6-11(7-10)19-3/h4-7,9,15,17H,8H2,1-3H3. The van der Waals surface area contributed by atoms with Crippen molar-refractivity contribution < 1.29 is 9.84 Å². The van der Waals surface area contributed by atoms with Gasteiger partial charge in [0, 0.05) is 11.8 Å². The lowest BCUT2D eigenvalue weighted by Crippen LogP contribution is -2.17. The minimum atomic E-state index is -0.264. The van der Waals surface area contributed by atoms with Crippen molar-refractivity contribution in [2.45, 2.75) is 26.4 Å². The largest absolute Gasteiger partial charge is 0.497 e. The van der Waals surface area contributed by atoms with Gasteiger partial charge in [-0.2, -0.15) is 0 Å². The van der Waals surface area contributed by atoms with Crippen molar-refractivity contribution in [3.63, 3.8) is 0 Å². The Bertz CT molecular complexity index is 626. The summed E-state index contributed by atoms with van der Waals surface area (Å²) in [4.78, 5) is 12.3. The van der Waals surface area contributed by atoms with Crippen LogP contribution in [0, 0.1) is 0 Å². The highest BCUT2D eigenvalue weighted by molar-refractivity contribution is 5.39. The zero-order valence-corrected chi connectivity index (χ0v) is 11.3. The van der Waals surface area contributed by atoms with Crippen LogP contribution in [0.2, 0.25) is 0 Å². The molecule has 0 spiro atoms. The zero-order valence-electron chi connectivity index (χ0n) is 11.3. The second kappa shape index (κ2) is 5.32. The minimum Gasteiger partial charge on any atom is -0.497 e. The quantitative estimate of drug-likeness (QED) is 0.882. The summed E-state index contributed by atoms with van der Waals surface area (Å²) in [6.45, 7) is 3.68. The summed E-state index contributed by atoms with van der Waals surface area (Å²) in [6, 6.07) is 7.21. The van der Waals surface area contributed by atoms with Gasteiger partial charge in [-0.3, -0.25) is 9.89 Å². The van der Waals surface area contributed by atoms with E-state index in [1.165, 1.54) is 4.68 Å². The number of aromatic amines is 1. The zero-order chi connectivity index (χ0) is 14.0. The van der Waals surface area contributed by atoms with Crippen LogP contribution >= 0.6 is 0 Å². The van der Waals surface area contributed by atoms with Crippen LogP contribution in [0.5, 0.6) is 5.75 Å². The van der Waals surface area contributed by atoms with Crippen molar-refractivity contribution in [2.75, 3.05) is 7.11 Å². The number of benzene rings is 1. The fourth-order valence-electron chi connectivity index (χ4n) is 2.05. The molecule has 102 valence electrons. The Morgan fingerprint density at radius 2 is 2.16 bits per heavy atom. The third kappa shape index (κ3) is 2.42. The molecule has 0 atom stereocenters. The van der Waals surface area contributed by atoms with E-state index in [-0.39, 0.29) is 18.1 Å². The number of nitrogens with one attached hydrogen (secondary N) is 1. The van der Waals surface area contributed by atoms with Crippen LogP contribution in [0.3, 0.4) is 0 Å². The maximum absolute atomic E-state index is 12.3. The third-order valence-corrected chi connectivity index (χ3v) is 3.07. The summed E-state index contributed by atoms with van der Waals surface area (Å²) >= 11 is 0. The van der Waals surface area contributed by atoms with Gasteiger partial charge in [0.2, 0.25) is 0 Å². The molecule has 0 saturated heterocycles. The molecule has 0 radical (unpaired) electrons. The lowest BCUT2D eigenvalue weighted by molar-refractivity contribution is 0.279. The van der Waals surface area contributed by atoms with E-state index in [0.29, 0.717) is 17.0 Å². The highest BCUT2D eigenvalue weighted by Crippen LogP contribution is 2.18. The molecule has 0 unspecified atom stereocenters. The number of hydrogen-bond donors (Lipinski definition) is 2. The molecule has 1 aromatic carbocycles. The average Bonchev–Trinajstić information content (AvgIpc) is 2.76. The number of methoxy groups -OCH3 is 1. The van der Waals surface area contributed by atoms with Crippen LogP contribution in [0.4, 0.5) is 0 Å². The van der Waals surface area contributed by atoms with Gasteiger partial charge in [0.25, 0.3) is 5.56 Å². The number of rotatable bonds is 4. The number of aliphatic hydroxyl groups is 1. The molecular formula is C14H18N2O3. The number of nitrogens with zero attached hydrogens (tertiary/aromatic N) is 1. The molecule has 5 heteroatoms.